The Labute approximate surface area is 67.8 Å². The van der Waals surface area contributed by atoms with Crippen LogP contribution in [0.4, 0.5) is 0 Å². The maximum Gasteiger partial charge on any atom is 2.00 e. The first-order valence-corrected chi connectivity index (χ1v) is 2.62. The van der Waals surface area contributed by atoms with Crippen molar-refractivity contribution in [1.82, 2.24) is 0 Å². The van der Waals surface area contributed by atoms with E-state index in [9.17, 15) is 0 Å². The summed E-state index contributed by atoms with van der Waals surface area (Å²) in [4.78, 5) is 0. The van der Waals surface area contributed by atoms with Crippen LogP contribution in [0.1, 0.15) is 33.6 Å². The second-order valence-corrected chi connectivity index (χ2v) is 1.000. The Morgan fingerprint density at radius 1 is 1.00 bits per heavy atom. The van der Waals surface area contributed by atoms with Gasteiger partial charge in [0.15, 0.2) is 0 Å². The summed E-state index contributed by atoms with van der Waals surface area (Å²) in [5, 5.41) is 0. The van der Waals surface area contributed by atoms with Crippen molar-refractivity contribution in [3.8, 4) is 0 Å². The molecule has 8 heavy (non-hydrogen) atoms. The van der Waals surface area contributed by atoms with Gasteiger partial charge in [-0.3, -0.25) is 0 Å². The summed E-state index contributed by atoms with van der Waals surface area (Å²) in [5.41, 5.74) is 0. The summed E-state index contributed by atoms with van der Waals surface area (Å²) in [7, 11) is 0. The molecular weight excluding hydrogens is 187 g/mol. The van der Waals surface area contributed by atoms with Gasteiger partial charge in [0.25, 0.3) is 0 Å². The molecule has 0 spiro atoms. The van der Waals surface area contributed by atoms with E-state index in [1.54, 1.807) is 6.92 Å². The normalized spacial score (nSPS) is 4.50. The van der Waals surface area contributed by atoms with Crippen LogP contribution in [0.5, 0.6) is 0 Å². The van der Waals surface area contributed by atoms with E-state index < -0.39 is 0 Å². The fourth-order valence-corrected chi connectivity index (χ4v) is 0. The zero-order chi connectivity index (χ0) is 5.41. The molecule has 0 bridgehead atoms. The summed E-state index contributed by atoms with van der Waals surface area (Å²) in [5.74, 6) is 0. The van der Waals surface area contributed by atoms with E-state index in [2.05, 4.69) is 20.8 Å². The molecule has 0 nitrogen and oxygen atoms in total. The van der Waals surface area contributed by atoms with Crippen molar-refractivity contribution in [2.24, 2.45) is 0 Å². The van der Waals surface area contributed by atoms with E-state index in [0.29, 0.717) is 0 Å². The quantitative estimate of drug-likeness (QED) is 0.455. The molecule has 1 heteroatoms. The molecule has 1 radical (unpaired) electrons. The van der Waals surface area contributed by atoms with Gasteiger partial charge in [-0.2, -0.15) is 6.92 Å². The van der Waals surface area contributed by atoms with Crippen LogP contribution in [-0.4, -0.2) is 0 Å². The first kappa shape index (κ1) is 23.4. The van der Waals surface area contributed by atoms with Gasteiger partial charge in [0, 0.05) is 0 Å². The Balaban J connectivity index is -0.0000000183. The summed E-state index contributed by atoms with van der Waals surface area (Å²) < 4.78 is 0. The molecule has 0 aromatic heterocycles. The van der Waals surface area contributed by atoms with Gasteiger partial charge in [-0.1, -0.05) is 26.7 Å². The van der Waals surface area contributed by atoms with Crippen LogP contribution >= 0.6 is 0 Å². The van der Waals surface area contributed by atoms with Gasteiger partial charge in [0.2, 0.25) is 0 Å². The molecule has 0 fully saturated rings. The van der Waals surface area contributed by atoms with Crippen molar-refractivity contribution in [3.05, 3.63) is 14.4 Å². The number of hydrogen-bond donors (Lipinski definition) is 0. The molecule has 0 aliphatic carbocycles. The molecule has 0 rings (SSSR count). The Kier molecular flexibility index (Phi) is 142. The standard InChI is InChI=1S/C4H10.C2H5.CH3.Rh/c1-3-4-2;1-2;;/h3-4H2,1-2H3;1H2,2H3;1H3;/q;2*-1;+2. The van der Waals surface area contributed by atoms with Crippen LogP contribution in [0, 0.1) is 14.4 Å². The molecule has 0 aromatic carbocycles. The second kappa shape index (κ2) is 48.6. The van der Waals surface area contributed by atoms with Gasteiger partial charge in [0.1, 0.15) is 0 Å². The average molecular weight is 205 g/mol. The third-order valence-electron chi connectivity index (χ3n) is 0.500. The maximum absolute atomic E-state index is 3.25. The molecule has 0 unspecified atom stereocenters. The van der Waals surface area contributed by atoms with Crippen LogP contribution in [0.2, 0.25) is 0 Å². The van der Waals surface area contributed by atoms with Gasteiger partial charge < -0.3 is 14.4 Å². The summed E-state index contributed by atoms with van der Waals surface area (Å²) in [6.45, 7) is 9.36. The Morgan fingerprint density at radius 2 is 1.12 bits per heavy atom. The van der Waals surface area contributed by atoms with Crippen molar-refractivity contribution >= 4 is 0 Å². The molecule has 0 aliphatic rings. The molecular formula is C7H18Rh. The van der Waals surface area contributed by atoms with E-state index in [-0.39, 0.29) is 26.9 Å². The van der Waals surface area contributed by atoms with Gasteiger partial charge >= 0.3 is 19.5 Å². The zero-order valence-corrected chi connectivity index (χ0v) is 8.09. The van der Waals surface area contributed by atoms with Gasteiger partial charge in [-0.05, 0) is 0 Å². The van der Waals surface area contributed by atoms with E-state index in [4.69, 9.17) is 0 Å². The molecule has 0 N–H and O–H groups in total. The second-order valence-electron chi connectivity index (χ2n) is 1.000. The Morgan fingerprint density at radius 3 is 1.12 bits per heavy atom. The minimum absolute atomic E-state index is 0. The van der Waals surface area contributed by atoms with E-state index in [1.165, 1.54) is 12.8 Å². The third kappa shape index (κ3) is 79.5. The molecule has 0 heterocycles. The fourth-order valence-electron chi connectivity index (χ4n) is 0. The minimum atomic E-state index is 0. The van der Waals surface area contributed by atoms with Crippen molar-refractivity contribution in [2.75, 3.05) is 0 Å². The molecule has 0 saturated heterocycles. The van der Waals surface area contributed by atoms with E-state index in [1.807, 2.05) is 0 Å². The van der Waals surface area contributed by atoms with Crippen LogP contribution in [0.15, 0.2) is 0 Å². The van der Waals surface area contributed by atoms with Crippen molar-refractivity contribution in [1.29, 1.82) is 0 Å². The zero-order valence-electron chi connectivity index (χ0n) is 6.45. The number of unbranched alkanes of at least 4 members (excludes halogenated alkanes) is 1. The molecule has 0 aromatic rings. The largest absolute Gasteiger partial charge is 2.00 e. The number of rotatable bonds is 1. The summed E-state index contributed by atoms with van der Waals surface area (Å²) in [6, 6.07) is 0. The van der Waals surface area contributed by atoms with Crippen LogP contribution in [-0.2, 0) is 19.5 Å². The average Bonchev–Trinajstić information content (AvgIpc) is 1.72. The maximum atomic E-state index is 3.25. The monoisotopic (exact) mass is 205 g/mol. The van der Waals surface area contributed by atoms with E-state index in [0.717, 1.165) is 0 Å². The van der Waals surface area contributed by atoms with Crippen molar-refractivity contribution < 1.29 is 19.5 Å². The molecule has 0 saturated carbocycles. The smallest absolute Gasteiger partial charge is 0.358 e. The Hall–Kier alpha value is 0.623. The molecule has 0 atom stereocenters. The fraction of sp³-hybridized carbons (Fsp3) is 0.714. The summed E-state index contributed by atoms with van der Waals surface area (Å²) >= 11 is 0. The first-order valence-electron chi connectivity index (χ1n) is 2.62. The third-order valence-corrected chi connectivity index (χ3v) is 0.500. The summed E-state index contributed by atoms with van der Waals surface area (Å²) in [6.07, 6.45) is 2.64. The molecule has 0 amide bonds. The SMILES string of the molecule is CCCC.[CH2-]C.[CH3-].[Rh+2]. The van der Waals surface area contributed by atoms with Crippen LogP contribution in [0.3, 0.4) is 0 Å². The Bertz CT molecular complexity index is 6.35. The predicted octanol–water partition coefficient (Wildman–Crippen LogP) is 3.09. The first-order chi connectivity index (χ1) is 2.91. The van der Waals surface area contributed by atoms with E-state index >= 15 is 0 Å². The van der Waals surface area contributed by atoms with Crippen LogP contribution < -0.4 is 0 Å². The van der Waals surface area contributed by atoms with Crippen molar-refractivity contribution in [3.63, 3.8) is 0 Å². The van der Waals surface area contributed by atoms with Crippen molar-refractivity contribution in [2.45, 2.75) is 33.6 Å². The topological polar surface area (TPSA) is 0 Å². The predicted molar refractivity (Wildman–Crippen MR) is 38.0 cm³/mol. The number of hydrogen-bond acceptors (Lipinski definition) is 0. The molecule has 55 valence electrons. The molecule has 0 aliphatic heterocycles. The minimum Gasteiger partial charge on any atom is -0.358 e. The van der Waals surface area contributed by atoms with Gasteiger partial charge in [-0.25, -0.2) is 0 Å². The van der Waals surface area contributed by atoms with Gasteiger partial charge in [0.05, 0.1) is 0 Å². The van der Waals surface area contributed by atoms with Crippen LogP contribution in [0.25, 0.3) is 0 Å². The van der Waals surface area contributed by atoms with Gasteiger partial charge in [-0.15, -0.1) is 0 Å².